The van der Waals surface area contributed by atoms with Crippen molar-refractivity contribution < 1.29 is 4.79 Å². The summed E-state index contributed by atoms with van der Waals surface area (Å²) in [4.78, 5) is 16.1. The Kier molecular flexibility index (Phi) is 5.84. The smallest absolute Gasteiger partial charge is 0.254 e. The number of aryl methyl sites for hydroxylation is 1. The molecule has 3 heterocycles. The molecule has 2 aliphatic heterocycles. The average Bonchev–Trinajstić information content (AvgIpc) is 3.11. The lowest BCUT2D eigenvalue weighted by atomic mass is 9.97. The van der Waals surface area contributed by atoms with Crippen molar-refractivity contribution in [1.82, 2.24) is 14.8 Å². The number of carbonyl (C=O) groups excluding carboxylic acids is 1. The van der Waals surface area contributed by atoms with E-state index in [2.05, 4.69) is 27.9 Å². The minimum absolute atomic E-state index is 0. The number of nitrogens with one attached hydrogen (secondary N) is 1. The Morgan fingerprint density at radius 2 is 1.63 bits per heavy atom. The molecule has 2 aliphatic rings. The first kappa shape index (κ1) is 21.2. The second-order valence-corrected chi connectivity index (χ2v) is 8.94. The fourth-order valence-corrected chi connectivity index (χ4v) is 5.48. The summed E-state index contributed by atoms with van der Waals surface area (Å²) in [6.07, 6.45) is 4.58. The summed E-state index contributed by atoms with van der Waals surface area (Å²) in [6.45, 7) is 0. The van der Waals surface area contributed by atoms with Crippen molar-refractivity contribution in [3.8, 4) is 11.3 Å². The Balaban J connectivity index is 0.00000218. The van der Waals surface area contributed by atoms with Gasteiger partial charge in [0.2, 0.25) is 0 Å². The fraction of sp³-hybridized carbons (Fsp3) is 0.375. The van der Waals surface area contributed by atoms with E-state index in [1.807, 2.05) is 49.5 Å². The van der Waals surface area contributed by atoms with Gasteiger partial charge in [0.05, 0.1) is 11.3 Å². The Bertz CT molecular complexity index is 1060. The first-order chi connectivity index (χ1) is 14.0. The number of nitrogens with zero attached hydrogens (tertiary/aromatic N) is 2. The van der Waals surface area contributed by atoms with Gasteiger partial charge in [-0.2, -0.15) is 0 Å². The number of rotatable bonds is 3. The third-order valence-corrected chi connectivity index (χ3v) is 7.14. The van der Waals surface area contributed by atoms with Gasteiger partial charge >= 0.3 is 0 Å². The van der Waals surface area contributed by atoms with Gasteiger partial charge in [-0.05, 0) is 56.5 Å². The summed E-state index contributed by atoms with van der Waals surface area (Å²) >= 11 is 6.10. The van der Waals surface area contributed by atoms with Gasteiger partial charge < -0.3 is 14.8 Å². The zero-order valence-electron chi connectivity index (χ0n) is 17.3. The van der Waals surface area contributed by atoms with Crippen LogP contribution in [-0.4, -0.2) is 40.5 Å². The van der Waals surface area contributed by atoms with E-state index in [4.69, 9.17) is 11.6 Å². The molecule has 4 nitrogen and oxygen atoms in total. The number of para-hydroxylation sites is 1. The Labute approximate surface area is 188 Å². The van der Waals surface area contributed by atoms with Crippen LogP contribution in [0.15, 0.2) is 48.5 Å². The molecule has 1 unspecified atom stereocenters. The van der Waals surface area contributed by atoms with Gasteiger partial charge in [0.15, 0.2) is 0 Å². The molecule has 0 aliphatic carbocycles. The molecule has 0 radical (unpaired) electrons. The zero-order valence-corrected chi connectivity index (χ0v) is 18.8. The normalized spacial score (nSPS) is 23.4. The van der Waals surface area contributed by atoms with Crippen LogP contribution in [0.2, 0.25) is 5.02 Å². The molecule has 1 N–H and O–H groups in total. The molecule has 2 saturated heterocycles. The molecular weight excluding hydrogens is 417 g/mol. The molecule has 0 spiro atoms. The second kappa shape index (κ2) is 8.26. The third kappa shape index (κ3) is 3.51. The SMILES string of the molecule is CN1[C@@H]2CC[C@H]1CC(NC(=O)c1c(-c3ccc(Cl)cc3)n(C)c3ccccc13)C2.Cl. The number of halogens is 2. The molecule has 0 saturated carbocycles. The van der Waals surface area contributed by atoms with E-state index in [-0.39, 0.29) is 24.4 Å². The lowest BCUT2D eigenvalue weighted by molar-refractivity contribution is 0.0884. The maximum atomic E-state index is 13.6. The third-order valence-electron chi connectivity index (χ3n) is 6.89. The second-order valence-electron chi connectivity index (χ2n) is 8.50. The van der Waals surface area contributed by atoms with Crippen LogP contribution in [0.1, 0.15) is 36.0 Å². The minimum atomic E-state index is 0. The van der Waals surface area contributed by atoms with Gasteiger partial charge in [0, 0.05) is 41.1 Å². The Hall–Kier alpha value is -2.01. The number of carbonyl (C=O) groups is 1. The number of amides is 1. The van der Waals surface area contributed by atoms with Crippen molar-refractivity contribution in [2.45, 2.75) is 43.8 Å². The fourth-order valence-electron chi connectivity index (χ4n) is 5.36. The number of fused-ring (bicyclic) bond motifs is 3. The number of piperidine rings is 1. The first-order valence-corrected chi connectivity index (χ1v) is 10.8. The van der Waals surface area contributed by atoms with E-state index >= 15 is 0 Å². The largest absolute Gasteiger partial charge is 0.349 e. The summed E-state index contributed by atoms with van der Waals surface area (Å²) < 4.78 is 2.12. The van der Waals surface area contributed by atoms with Gasteiger partial charge in [0.25, 0.3) is 5.91 Å². The Morgan fingerprint density at radius 3 is 2.30 bits per heavy atom. The van der Waals surface area contributed by atoms with Crippen LogP contribution < -0.4 is 5.32 Å². The quantitative estimate of drug-likeness (QED) is 0.597. The number of aromatic nitrogens is 1. The topological polar surface area (TPSA) is 37.3 Å². The summed E-state index contributed by atoms with van der Waals surface area (Å²) in [7, 11) is 4.25. The minimum Gasteiger partial charge on any atom is -0.349 e. The van der Waals surface area contributed by atoms with Crippen LogP contribution in [0.4, 0.5) is 0 Å². The predicted molar refractivity (Wildman–Crippen MR) is 126 cm³/mol. The zero-order chi connectivity index (χ0) is 20.1. The first-order valence-electron chi connectivity index (χ1n) is 10.4. The lowest BCUT2D eigenvalue weighted by Crippen LogP contribution is -2.48. The molecule has 2 aromatic carbocycles. The molecule has 158 valence electrons. The average molecular weight is 444 g/mol. The van der Waals surface area contributed by atoms with E-state index < -0.39 is 0 Å². The summed E-state index contributed by atoms with van der Waals surface area (Å²) in [5, 5.41) is 5.07. The highest BCUT2D eigenvalue weighted by Crippen LogP contribution is 2.36. The number of hydrogen-bond donors (Lipinski definition) is 1. The van der Waals surface area contributed by atoms with Gasteiger partial charge in [-0.25, -0.2) is 0 Å². The highest BCUT2D eigenvalue weighted by atomic mass is 35.5. The van der Waals surface area contributed by atoms with Crippen LogP contribution in [0.3, 0.4) is 0 Å². The van der Waals surface area contributed by atoms with E-state index in [1.165, 1.54) is 12.8 Å². The standard InChI is InChI=1S/C24H26ClN3O.ClH/c1-27-18-11-12-19(27)14-17(13-18)26-24(29)22-20-5-3-4-6-21(20)28(2)23(22)15-7-9-16(25)10-8-15;/h3-10,17-19H,11-14H2,1-2H3,(H,26,29);1H/t17?,18-,19+;. The van der Waals surface area contributed by atoms with Gasteiger partial charge in [-0.3, -0.25) is 4.79 Å². The molecule has 6 heteroatoms. The highest BCUT2D eigenvalue weighted by Gasteiger charge is 2.39. The van der Waals surface area contributed by atoms with Crippen molar-refractivity contribution in [2.75, 3.05) is 7.05 Å². The van der Waals surface area contributed by atoms with Crippen molar-refractivity contribution in [3.63, 3.8) is 0 Å². The van der Waals surface area contributed by atoms with Crippen LogP contribution in [0.25, 0.3) is 22.2 Å². The van der Waals surface area contributed by atoms with E-state index in [9.17, 15) is 4.79 Å². The van der Waals surface area contributed by atoms with Crippen LogP contribution in [0, 0.1) is 0 Å². The molecular formula is C24H27Cl2N3O. The molecule has 30 heavy (non-hydrogen) atoms. The van der Waals surface area contributed by atoms with Crippen molar-refractivity contribution in [2.24, 2.45) is 7.05 Å². The summed E-state index contributed by atoms with van der Waals surface area (Å²) in [5.41, 5.74) is 3.76. The Morgan fingerprint density at radius 1 is 1.00 bits per heavy atom. The molecule has 2 bridgehead atoms. The van der Waals surface area contributed by atoms with E-state index in [1.54, 1.807) is 0 Å². The predicted octanol–water partition coefficient (Wildman–Crippen LogP) is 5.28. The lowest BCUT2D eigenvalue weighted by Gasteiger charge is -2.36. The maximum absolute atomic E-state index is 13.6. The van der Waals surface area contributed by atoms with Crippen LogP contribution >= 0.6 is 24.0 Å². The van der Waals surface area contributed by atoms with E-state index in [0.717, 1.165) is 40.6 Å². The molecule has 1 aromatic heterocycles. The van der Waals surface area contributed by atoms with Gasteiger partial charge in [0.1, 0.15) is 0 Å². The van der Waals surface area contributed by atoms with Crippen molar-refractivity contribution in [1.29, 1.82) is 0 Å². The summed E-state index contributed by atoms with van der Waals surface area (Å²) in [6, 6.07) is 17.3. The van der Waals surface area contributed by atoms with Crippen LogP contribution in [0.5, 0.6) is 0 Å². The molecule has 1 amide bonds. The molecule has 5 rings (SSSR count). The van der Waals surface area contributed by atoms with Crippen LogP contribution in [-0.2, 0) is 7.05 Å². The highest BCUT2D eigenvalue weighted by molar-refractivity contribution is 6.30. The summed E-state index contributed by atoms with van der Waals surface area (Å²) in [5.74, 6) is 0.0284. The van der Waals surface area contributed by atoms with Gasteiger partial charge in [-0.1, -0.05) is 41.9 Å². The number of benzene rings is 2. The molecule has 3 aromatic rings. The molecule has 2 fully saturated rings. The monoisotopic (exact) mass is 443 g/mol. The van der Waals surface area contributed by atoms with E-state index in [0.29, 0.717) is 17.1 Å². The molecule has 3 atom stereocenters. The van der Waals surface area contributed by atoms with Gasteiger partial charge in [-0.15, -0.1) is 12.4 Å². The number of hydrogen-bond acceptors (Lipinski definition) is 2. The van der Waals surface area contributed by atoms with Crippen molar-refractivity contribution in [3.05, 3.63) is 59.1 Å². The maximum Gasteiger partial charge on any atom is 0.254 e. The van der Waals surface area contributed by atoms with Crippen molar-refractivity contribution >= 4 is 40.8 Å².